The summed E-state index contributed by atoms with van der Waals surface area (Å²) in [5, 5.41) is 6.16. The van der Waals surface area contributed by atoms with E-state index in [-0.39, 0.29) is 0 Å². The van der Waals surface area contributed by atoms with Gasteiger partial charge in [0.15, 0.2) is 0 Å². The van der Waals surface area contributed by atoms with Crippen molar-refractivity contribution in [1.82, 2.24) is 5.32 Å². The fourth-order valence-corrected chi connectivity index (χ4v) is 4.23. The summed E-state index contributed by atoms with van der Waals surface area (Å²) < 4.78 is 0. The van der Waals surface area contributed by atoms with Crippen LogP contribution in [0.5, 0.6) is 0 Å². The highest BCUT2D eigenvalue weighted by Gasteiger charge is 2.27. The van der Waals surface area contributed by atoms with Crippen molar-refractivity contribution >= 4 is 11.3 Å². The predicted molar refractivity (Wildman–Crippen MR) is 92.0 cm³/mol. The Morgan fingerprint density at radius 2 is 2.10 bits per heavy atom. The number of benzene rings is 1. The third-order valence-corrected chi connectivity index (χ3v) is 5.46. The predicted octanol–water partition coefficient (Wildman–Crippen LogP) is 4.90. The minimum Gasteiger partial charge on any atom is -0.310 e. The van der Waals surface area contributed by atoms with E-state index in [1.165, 1.54) is 36.1 Å². The molecule has 1 N–H and O–H groups in total. The fourth-order valence-electron chi connectivity index (χ4n) is 3.49. The monoisotopic (exact) mass is 299 g/mol. The molecule has 21 heavy (non-hydrogen) atoms. The number of aryl methyl sites for hydroxylation is 2. The van der Waals surface area contributed by atoms with Crippen LogP contribution in [0.3, 0.4) is 0 Å². The maximum atomic E-state index is 3.81. The second-order valence-electron chi connectivity index (χ2n) is 6.19. The van der Waals surface area contributed by atoms with Crippen molar-refractivity contribution in [3.8, 4) is 0 Å². The topological polar surface area (TPSA) is 12.0 Å². The number of hydrogen-bond acceptors (Lipinski definition) is 2. The number of hydrogen-bond donors (Lipinski definition) is 1. The molecule has 2 atom stereocenters. The molecule has 1 heterocycles. The lowest BCUT2D eigenvalue weighted by Crippen LogP contribution is -2.32. The van der Waals surface area contributed by atoms with Gasteiger partial charge in [0, 0.05) is 10.9 Å². The van der Waals surface area contributed by atoms with E-state index in [1.54, 1.807) is 11.1 Å². The second-order valence-corrected chi connectivity index (χ2v) is 7.31. The molecule has 0 spiro atoms. The Balaban J connectivity index is 1.81. The van der Waals surface area contributed by atoms with Crippen LogP contribution in [-0.2, 0) is 12.8 Å². The van der Waals surface area contributed by atoms with E-state index >= 15 is 0 Å². The molecule has 1 aromatic carbocycles. The summed E-state index contributed by atoms with van der Waals surface area (Å²) in [5.41, 5.74) is 4.61. The average Bonchev–Trinajstić information content (AvgIpc) is 2.94. The molecule has 1 aromatic heterocycles. The van der Waals surface area contributed by atoms with Gasteiger partial charge in [-0.2, -0.15) is 0 Å². The third kappa shape index (κ3) is 3.38. The highest BCUT2D eigenvalue weighted by atomic mass is 32.1. The molecule has 3 rings (SSSR count). The minimum absolute atomic E-state index is 0.517. The van der Waals surface area contributed by atoms with E-state index in [0.29, 0.717) is 6.04 Å². The molecular formula is C19H25NS. The maximum Gasteiger partial charge on any atom is 0.0360 e. The largest absolute Gasteiger partial charge is 0.310 e. The van der Waals surface area contributed by atoms with E-state index in [0.717, 1.165) is 12.5 Å². The quantitative estimate of drug-likeness (QED) is 0.828. The zero-order chi connectivity index (χ0) is 14.7. The van der Waals surface area contributed by atoms with E-state index in [1.807, 2.05) is 11.3 Å². The number of thiophene rings is 1. The first kappa shape index (κ1) is 14.8. The molecule has 2 heteroatoms. The Morgan fingerprint density at radius 1 is 1.29 bits per heavy atom. The molecule has 2 aromatic rings. The first-order valence-corrected chi connectivity index (χ1v) is 9.01. The van der Waals surface area contributed by atoms with E-state index in [2.05, 4.69) is 54.9 Å². The van der Waals surface area contributed by atoms with Crippen LogP contribution >= 0.6 is 11.3 Å². The lowest BCUT2D eigenvalue weighted by atomic mass is 9.78. The standard InChI is InChI=1S/C19H25NS/c1-3-10-20-19(18-11-14(2)21-13-18)17-9-8-15-6-4-5-7-16(15)12-17/h4-7,11,13,17,19-20H,3,8-10,12H2,1-2H3. The molecule has 1 aliphatic rings. The van der Waals surface area contributed by atoms with Crippen molar-refractivity contribution in [1.29, 1.82) is 0 Å². The highest BCUT2D eigenvalue weighted by molar-refractivity contribution is 7.10. The Bertz CT molecular complexity index is 587. The van der Waals surface area contributed by atoms with Crippen LogP contribution in [0, 0.1) is 12.8 Å². The molecule has 0 fully saturated rings. The van der Waals surface area contributed by atoms with Crippen molar-refractivity contribution < 1.29 is 0 Å². The molecule has 2 unspecified atom stereocenters. The van der Waals surface area contributed by atoms with Crippen LogP contribution < -0.4 is 5.32 Å². The summed E-state index contributed by atoms with van der Waals surface area (Å²) in [6.45, 7) is 5.57. The second kappa shape index (κ2) is 6.76. The van der Waals surface area contributed by atoms with Gasteiger partial charge >= 0.3 is 0 Å². The summed E-state index contributed by atoms with van der Waals surface area (Å²) in [4.78, 5) is 1.42. The molecule has 0 aliphatic heterocycles. The van der Waals surface area contributed by atoms with Crippen LogP contribution in [-0.4, -0.2) is 6.54 Å². The molecule has 0 amide bonds. The Hall–Kier alpha value is -1.12. The van der Waals surface area contributed by atoms with Gasteiger partial charge in [0.25, 0.3) is 0 Å². The highest BCUT2D eigenvalue weighted by Crippen LogP contribution is 2.35. The van der Waals surface area contributed by atoms with E-state index in [4.69, 9.17) is 0 Å². The lowest BCUT2D eigenvalue weighted by Gasteiger charge is -2.32. The summed E-state index contributed by atoms with van der Waals surface area (Å²) in [7, 11) is 0. The smallest absolute Gasteiger partial charge is 0.0360 e. The Morgan fingerprint density at radius 3 is 2.81 bits per heavy atom. The summed E-state index contributed by atoms with van der Waals surface area (Å²) >= 11 is 1.88. The van der Waals surface area contributed by atoms with Crippen molar-refractivity contribution in [3.05, 3.63) is 57.3 Å². The molecule has 112 valence electrons. The maximum absolute atomic E-state index is 3.81. The van der Waals surface area contributed by atoms with Crippen LogP contribution in [0.2, 0.25) is 0 Å². The van der Waals surface area contributed by atoms with Gasteiger partial charge in [0.1, 0.15) is 0 Å². The lowest BCUT2D eigenvalue weighted by molar-refractivity contribution is 0.327. The van der Waals surface area contributed by atoms with Gasteiger partial charge in [-0.15, -0.1) is 11.3 Å². The molecule has 1 nitrogen and oxygen atoms in total. The molecule has 0 radical (unpaired) electrons. The van der Waals surface area contributed by atoms with Crippen LogP contribution in [0.4, 0.5) is 0 Å². The molecule has 0 saturated heterocycles. The third-order valence-electron chi connectivity index (χ3n) is 4.58. The minimum atomic E-state index is 0.517. The summed E-state index contributed by atoms with van der Waals surface area (Å²) in [6, 6.07) is 11.9. The zero-order valence-electron chi connectivity index (χ0n) is 13.1. The van der Waals surface area contributed by atoms with Crippen molar-refractivity contribution in [2.45, 2.75) is 45.6 Å². The zero-order valence-corrected chi connectivity index (χ0v) is 13.9. The molecule has 0 saturated carbocycles. The van der Waals surface area contributed by atoms with E-state index < -0.39 is 0 Å². The molecule has 0 bridgehead atoms. The Labute approximate surface area is 132 Å². The van der Waals surface area contributed by atoms with Gasteiger partial charge in [0.05, 0.1) is 0 Å². The number of nitrogens with one attached hydrogen (secondary N) is 1. The van der Waals surface area contributed by atoms with Gasteiger partial charge in [-0.1, -0.05) is 31.2 Å². The Kier molecular flexibility index (Phi) is 4.77. The number of fused-ring (bicyclic) bond motifs is 1. The van der Waals surface area contributed by atoms with Gasteiger partial charge in [-0.05, 0) is 73.2 Å². The van der Waals surface area contributed by atoms with Gasteiger partial charge in [-0.3, -0.25) is 0 Å². The molecular weight excluding hydrogens is 274 g/mol. The van der Waals surface area contributed by atoms with Crippen molar-refractivity contribution in [2.75, 3.05) is 6.54 Å². The average molecular weight is 299 g/mol. The fraction of sp³-hybridized carbons (Fsp3) is 0.474. The first-order valence-electron chi connectivity index (χ1n) is 8.13. The van der Waals surface area contributed by atoms with Crippen LogP contribution in [0.1, 0.15) is 47.4 Å². The summed E-state index contributed by atoms with van der Waals surface area (Å²) in [5.74, 6) is 0.723. The van der Waals surface area contributed by atoms with Crippen LogP contribution in [0.25, 0.3) is 0 Å². The summed E-state index contributed by atoms with van der Waals surface area (Å²) in [6.07, 6.45) is 4.94. The van der Waals surface area contributed by atoms with Gasteiger partial charge in [0.2, 0.25) is 0 Å². The van der Waals surface area contributed by atoms with Crippen LogP contribution in [0.15, 0.2) is 35.7 Å². The van der Waals surface area contributed by atoms with Gasteiger partial charge in [-0.25, -0.2) is 0 Å². The first-order chi connectivity index (χ1) is 10.3. The normalized spacial score (nSPS) is 19.2. The molecule has 1 aliphatic carbocycles. The number of rotatable bonds is 5. The van der Waals surface area contributed by atoms with Crippen molar-refractivity contribution in [3.63, 3.8) is 0 Å². The van der Waals surface area contributed by atoms with E-state index in [9.17, 15) is 0 Å². The van der Waals surface area contributed by atoms with Gasteiger partial charge < -0.3 is 5.32 Å². The SMILES string of the molecule is CCCNC(c1csc(C)c1)C1CCc2ccccc2C1. The van der Waals surface area contributed by atoms with Crippen molar-refractivity contribution in [2.24, 2.45) is 5.92 Å².